The van der Waals surface area contributed by atoms with Gasteiger partial charge in [-0.05, 0) is 31.4 Å². The van der Waals surface area contributed by atoms with Crippen molar-refractivity contribution in [1.82, 2.24) is 0 Å². The van der Waals surface area contributed by atoms with Gasteiger partial charge in [-0.3, -0.25) is 0 Å². The quantitative estimate of drug-likeness (QED) is 0.656. The molecular formula is C11H15NO. The van der Waals surface area contributed by atoms with Crippen LogP contribution in [-0.4, -0.2) is 18.7 Å². The lowest BCUT2D eigenvalue weighted by Crippen LogP contribution is -2.17. The van der Waals surface area contributed by atoms with Gasteiger partial charge in [0.25, 0.3) is 0 Å². The molecule has 0 aromatic heterocycles. The number of anilines is 1. The zero-order valence-electron chi connectivity index (χ0n) is 7.95. The highest BCUT2D eigenvalue weighted by Crippen LogP contribution is 2.31. The summed E-state index contributed by atoms with van der Waals surface area (Å²) in [5, 5.41) is 9.67. The van der Waals surface area contributed by atoms with Crippen molar-refractivity contribution in [3.8, 4) is 5.75 Å². The monoisotopic (exact) mass is 177 g/mol. The molecule has 1 aliphatic rings. The fourth-order valence-electron chi connectivity index (χ4n) is 1.95. The number of benzene rings is 1. The van der Waals surface area contributed by atoms with Crippen molar-refractivity contribution in [1.29, 1.82) is 0 Å². The Hall–Kier alpha value is -1.18. The highest BCUT2D eigenvalue weighted by Gasteiger charge is 2.14. The van der Waals surface area contributed by atoms with Gasteiger partial charge in [-0.2, -0.15) is 0 Å². The number of hydrogen-bond donors (Lipinski definition) is 1. The average molecular weight is 177 g/mol. The number of phenols is 1. The van der Waals surface area contributed by atoms with E-state index in [1.165, 1.54) is 18.5 Å². The third-order valence-corrected chi connectivity index (χ3v) is 2.71. The molecule has 13 heavy (non-hydrogen) atoms. The van der Waals surface area contributed by atoms with E-state index in [4.69, 9.17) is 0 Å². The first-order chi connectivity index (χ1) is 6.29. The minimum absolute atomic E-state index is 0.450. The molecule has 2 nitrogen and oxygen atoms in total. The van der Waals surface area contributed by atoms with Gasteiger partial charge in [0.15, 0.2) is 0 Å². The van der Waals surface area contributed by atoms with Gasteiger partial charge in [-0.25, -0.2) is 0 Å². The lowest BCUT2D eigenvalue weighted by atomic mass is 10.1. The van der Waals surface area contributed by atoms with Crippen LogP contribution in [0.2, 0.25) is 0 Å². The third-order valence-electron chi connectivity index (χ3n) is 2.71. The van der Waals surface area contributed by atoms with Crippen LogP contribution in [0.4, 0.5) is 5.69 Å². The molecule has 0 unspecified atom stereocenters. The van der Waals surface area contributed by atoms with E-state index < -0.39 is 0 Å². The smallest absolute Gasteiger partial charge is 0.120 e. The Labute approximate surface area is 78.8 Å². The van der Waals surface area contributed by atoms with E-state index >= 15 is 0 Å². The summed E-state index contributed by atoms with van der Waals surface area (Å²) in [6, 6.07) is 5.77. The second-order valence-corrected chi connectivity index (χ2v) is 3.65. The second-order valence-electron chi connectivity index (χ2n) is 3.65. The molecule has 2 rings (SSSR count). The minimum Gasteiger partial charge on any atom is -0.508 e. The van der Waals surface area contributed by atoms with E-state index in [9.17, 15) is 5.11 Å². The Morgan fingerprint density at radius 2 is 2.15 bits per heavy atom. The van der Waals surface area contributed by atoms with Crippen LogP contribution in [0.5, 0.6) is 5.75 Å². The van der Waals surface area contributed by atoms with Crippen LogP contribution < -0.4 is 4.90 Å². The SMILES string of the molecule is CN1CCCCc2c(O)cccc21. The summed E-state index contributed by atoms with van der Waals surface area (Å²) in [6.07, 6.45) is 3.39. The Morgan fingerprint density at radius 3 is 3.00 bits per heavy atom. The molecule has 0 aliphatic carbocycles. The van der Waals surface area contributed by atoms with E-state index in [1.54, 1.807) is 6.07 Å². The van der Waals surface area contributed by atoms with E-state index in [1.807, 2.05) is 6.07 Å². The van der Waals surface area contributed by atoms with Gasteiger partial charge in [0.05, 0.1) is 0 Å². The number of fused-ring (bicyclic) bond motifs is 1. The van der Waals surface area contributed by atoms with Gasteiger partial charge in [0.1, 0.15) is 5.75 Å². The van der Waals surface area contributed by atoms with Crippen LogP contribution in [0.1, 0.15) is 18.4 Å². The first-order valence-electron chi connectivity index (χ1n) is 4.81. The Bertz CT molecular complexity index is 309. The third kappa shape index (κ3) is 1.48. The lowest BCUT2D eigenvalue weighted by molar-refractivity contribution is 0.468. The maximum atomic E-state index is 9.67. The van der Waals surface area contributed by atoms with Gasteiger partial charge >= 0.3 is 0 Å². The van der Waals surface area contributed by atoms with Crippen LogP contribution in [0.15, 0.2) is 18.2 Å². The number of rotatable bonds is 0. The van der Waals surface area contributed by atoms with E-state index in [0.717, 1.165) is 18.5 Å². The van der Waals surface area contributed by atoms with Gasteiger partial charge < -0.3 is 10.0 Å². The second kappa shape index (κ2) is 3.29. The zero-order valence-corrected chi connectivity index (χ0v) is 7.95. The highest BCUT2D eigenvalue weighted by atomic mass is 16.3. The summed E-state index contributed by atoms with van der Waals surface area (Å²) in [4.78, 5) is 2.22. The zero-order chi connectivity index (χ0) is 9.26. The summed E-state index contributed by atoms with van der Waals surface area (Å²) < 4.78 is 0. The van der Waals surface area contributed by atoms with Crippen molar-refractivity contribution in [3.63, 3.8) is 0 Å². The molecule has 1 N–H and O–H groups in total. The molecule has 0 atom stereocenters. The molecule has 0 radical (unpaired) electrons. The maximum Gasteiger partial charge on any atom is 0.120 e. The fourth-order valence-corrected chi connectivity index (χ4v) is 1.95. The fraction of sp³-hybridized carbons (Fsp3) is 0.455. The van der Waals surface area contributed by atoms with Crippen LogP contribution >= 0.6 is 0 Å². The summed E-state index contributed by atoms with van der Waals surface area (Å²) in [6.45, 7) is 1.09. The predicted molar refractivity (Wildman–Crippen MR) is 54.3 cm³/mol. The number of hydrogen-bond acceptors (Lipinski definition) is 2. The average Bonchev–Trinajstić information content (AvgIpc) is 2.30. The predicted octanol–water partition coefficient (Wildman–Crippen LogP) is 2.16. The normalized spacial score (nSPS) is 16.5. The van der Waals surface area contributed by atoms with Crippen LogP contribution in [-0.2, 0) is 6.42 Å². The topological polar surface area (TPSA) is 23.5 Å². The van der Waals surface area contributed by atoms with Crippen molar-refractivity contribution in [2.45, 2.75) is 19.3 Å². The van der Waals surface area contributed by atoms with Gasteiger partial charge in [-0.1, -0.05) is 6.07 Å². The molecule has 2 heteroatoms. The van der Waals surface area contributed by atoms with E-state index in [0.29, 0.717) is 5.75 Å². The summed E-state index contributed by atoms with van der Waals surface area (Å²) in [7, 11) is 2.09. The largest absolute Gasteiger partial charge is 0.508 e. The standard InChI is InChI=1S/C11H15NO/c1-12-8-3-2-5-9-10(12)6-4-7-11(9)13/h4,6-7,13H,2-3,5,8H2,1H3. The Kier molecular flexibility index (Phi) is 2.13. The number of nitrogens with zero attached hydrogens (tertiary/aromatic N) is 1. The summed E-state index contributed by atoms with van der Waals surface area (Å²) in [5.74, 6) is 0.450. The van der Waals surface area contributed by atoms with Crippen LogP contribution in [0, 0.1) is 0 Å². The molecule has 1 heterocycles. The molecule has 1 aromatic carbocycles. The molecule has 1 aliphatic heterocycles. The molecular weight excluding hydrogens is 162 g/mol. The molecule has 1 aromatic rings. The first-order valence-corrected chi connectivity index (χ1v) is 4.81. The summed E-state index contributed by atoms with van der Waals surface area (Å²) in [5.41, 5.74) is 2.31. The van der Waals surface area contributed by atoms with Crippen molar-refractivity contribution in [2.75, 3.05) is 18.5 Å². The molecule has 0 amide bonds. The van der Waals surface area contributed by atoms with Crippen molar-refractivity contribution in [3.05, 3.63) is 23.8 Å². The molecule has 0 fully saturated rings. The molecule has 0 saturated carbocycles. The van der Waals surface area contributed by atoms with Gasteiger partial charge in [-0.15, -0.1) is 0 Å². The van der Waals surface area contributed by atoms with Crippen molar-refractivity contribution < 1.29 is 5.11 Å². The molecule has 0 saturated heterocycles. The number of aromatic hydroxyl groups is 1. The van der Waals surface area contributed by atoms with Gasteiger partial charge in [0.2, 0.25) is 0 Å². The molecule has 70 valence electrons. The van der Waals surface area contributed by atoms with Crippen molar-refractivity contribution in [2.24, 2.45) is 0 Å². The Morgan fingerprint density at radius 1 is 1.31 bits per heavy atom. The van der Waals surface area contributed by atoms with Crippen LogP contribution in [0.25, 0.3) is 0 Å². The highest BCUT2D eigenvalue weighted by molar-refractivity contribution is 5.59. The van der Waals surface area contributed by atoms with Gasteiger partial charge in [0, 0.05) is 24.8 Å². The minimum atomic E-state index is 0.450. The van der Waals surface area contributed by atoms with E-state index in [2.05, 4.69) is 18.0 Å². The van der Waals surface area contributed by atoms with Crippen LogP contribution in [0.3, 0.4) is 0 Å². The molecule has 0 spiro atoms. The first kappa shape index (κ1) is 8.42. The lowest BCUT2D eigenvalue weighted by Gasteiger charge is -2.19. The Balaban J connectivity index is 2.47. The van der Waals surface area contributed by atoms with Crippen molar-refractivity contribution >= 4 is 5.69 Å². The maximum absolute atomic E-state index is 9.67. The molecule has 0 bridgehead atoms. The van der Waals surface area contributed by atoms with E-state index in [-0.39, 0.29) is 0 Å². The number of phenolic OH excluding ortho intramolecular Hbond substituents is 1. The summed E-state index contributed by atoms with van der Waals surface area (Å²) >= 11 is 0.